The average Bonchev–Trinajstić information content (AvgIpc) is 2.46. The maximum absolute atomic E-state index is 5.71. The van der Waals surface area contributed by atoms with E-state index in [2.05, 4.69) is 67.2 Å². The third-order valence-corrected chi connectivity index (χ3v) is 8.27. The van der Waals surface area contributed by atoms with E-state index in [0.29, 0.717) is 0 Å². The van der Waals surface area contributed by atoms with Gasteiger partial charge in [0.15, 0.2) is 0 Å². The van der Waals surface area contributed by atoms with Gasteiger partial charge in [-0.05, 0) is 19.0 Å². The van der Waals surface area contributed by atoms with Gasteiger partial charge >= 0.3 is 0 Å². The Labute approximate surface area is 123 Å². The van der Waals surface area contributed by atoms with E-state index >= 15 is 0 Å². The van der Waals surface area contributed by atoms with E-state index < -0.39 is 8.07 Å². The molecule has 0 unspecified atom stereocenters. The van der Waals surface area contributed by atoms with Crippen molar-refractivity contribution in [2.75, 3.05) is 6.54 Å². The summed E-state index contributed by atoms with van der Waals surface area (Å²) in [4.78, 5) is 0. The molecule has 0 fully saturated rings. The Morgan fingerprint density at radius 3 is 1.63 bits per heavy atom. The molecule has 0 radical (unpaired) electrons. The lowest BCUT2D eigenvalue weighted by Crippen LogP contribution is -2.55. The van der Waals surface area contributed by atoms with Crippen molar-refractivity contribution in [2.45, 2.75) is 19.0 Å². The quantitative estimate of drug-likeness (QED) is 0.842. The number of rotatable bonds is 5. The molecule has 19 heavy (non-hydrogen) atoms. The number of nitrogens with two attached hydrogens (primary N) is 1. The number of benzene rings is 2. The van der Waals surface area contributed by atoms with E-state index in [9.17, 15) is 0 Å². The van der Waals surface area contributed by atoms with Crippen molar-refractivity contribution in [3.8, 4) is 0 Å². The van der Waals surface area contributed by atoms with Gasteiger partial charge in [-0.2, -0.15) is 0 Å². The van der Waals surface area contributed by atoms with Crippen LogP contribution in [-0.4, -0.2) is 14.6 Å². The smallest absolute Gasteiger partial charge is 0.115 e. The molecule has 2 N–H and O–H groups in total. The summed E-state index contributed by atoms with van der Waals surface area (Å²) < 4.78 is 0. The Morgan fingerprint density at radius 2 is 1.26 bits per heavy atom. The highest BCUT2D eigenvalue weighted by molar-refractivity contribution is 7.01. The third kappa shape index (κ3) is 3.69. The summed E-state index contributed by atoms with van der Waals surface area (Å²) in [7, 11) is -1.60. The molecule has 2 aromatic rings. The second-order valence-corrected chi connectivity index (χ2v) is 9.28. The van der Waals surface area contributed by atoms with Crippen LogP contribution in [0, 0.1) is 0 Å². The molecule has 0 aliphatic carbocycles. The molecule has 0 aliphatic rings. The summed E-state index contributed by atoms with van der Waals surface area (Å²) in [5.41, 5.74) is 5.71. The van der Waals surface area contributed by atoms with Gasteiger partial charge in [-0.1, -0.05) is 77.6 Å². The molecule has 0 saturated carbocycles. The molecule has 0 aliphatic heterocycles. The number of hydrogen-bond donors (Lipinski definition) is 1. The highest BCUT2D eigenvalue weighted by atomic mass is 35.5. The SMILES string of the molecule is C[Si](CCCN)(c1ccccc1)c1ccccc1.Cl. The van der Waals surface area contributed by atoms with Crippen LogP contribution in [0.5, 0.6) is 0 Å². The van der Waals surface area contributed by atoms with Crippen LogP contribution in [0.25, 0.3) is 0 Å². The summed E-state index contributed by atoms with van der Waals surface area (Å²) in [6, 6.07) is 23.1. The van der Waals surface area contributed by atoms with Gasteiger partial charge in [0.2, 0.25) is 0 Å². The molecule has 0 amide bonds. The van der Waals surface area contributed by atoms with Gasteiger partial charge < -0.3 is 5.73 Å². The van der Waals surface area contributed by atoms with E-state index in [1.54, 1.807) is 0 Å². The summed E-state index contributed by atoms with van der Waals surface area (Å²) in [6.45, 7) is 3.23. The van der Waals surface area contributed by atoms with Gasteiger partial charge in [-0.15, -0.1) is 12.4 Å². The first kappa shape index (κ1) is 16.0. The maximum Gasteiger partial charge on any atom is 0.115 e. The fraction of sp³-hybridized carbons (Fsp3) is 0.250. The fourth-order valence-electron chi connectivity index (χ4n) is 2.52. The molecular weight excluding hydrogens is 270 g/mol. The molecule has 1 nitrogen and oxygen atoms in total. The number of hydrogen-bond acceptors (Lipinski definition) is 1. The summed E-state index contributed by atoms with van der Waals surface area (Å²) in [5, 5.41) is 3.01. The first-order valence-corrected chi connectivity index (χ1v) is 9.29. The molecular formula is C16H22ClNSi. The molecule has 0 heterocycles. The molecule has 0 spiro atoms. The van der Waals surface area contributed by atoms with Gasteiger partial charge in [-0.3, -0.25) is 0 Å². The van der Waals surface area contributed by atoms with Crippen LogP contribution >= 0.6 is 12.4 Å². The molecule has 0 aromatic heterocycles. The van der Waals surface area contributed by atoms with Crippen LogP contribution in [0.3, 0.4) is 0 Å². The molecule has 102 valence electrons. The molecule has 2 rings (SSSR count). The van der Waals surface area contributed by atoms with Gasteiger partial charge in [-0.25, -0.2) is 0 Å². The van der Waals surface area contributed by atoms with Gasteiger partial charge in [0.1, 0.15) is 8.07 Å². The van der Waals surface area contributed by atoms with Crippen molar-refractivity contribution < 1.29 is 0 Å². The molecule has 3 heteroatoms. The first-order chi connectivity index (χ1) is 8.77. The van der Waals surface area contributed by atoms with Crippen molar-refractivity contribution in [1.82, 2.24) is 0 Å². The van der Waals surface area contributed by atoms with E-state index in [-0.39, 0.29) is 12.4 Å². The third-order valence-electron chi connectivity index (χ3n) is 3.70. The van der Waals surface area contributed by atoms with E-state index in [4.69, 9.17) is 5.73 Å². The van der Waals surface area contributed by atoms with Crippen molar-refractivity contribution >= 4 is 30.9 Å². The Morgan fingerprint density at radius 1 is 0.842 bits per heavy atom. The first-order valence-electron chi connectivity index (χ1n) is 6.58. The zero-order valence-corrected chi connectivity index (χ0v) is 13.2. The lowest BCUT2D eigenvalue weighted by molar-refractivity contribution is 0.917. The molecule has 2 aromatic carbocycles. The Bertz CT molecular complexity index is 433. The Balaban J connectivity index is 0.00000180. The van der Waals surface area contributed by atoms with Crippen LogP contribution in [0.1, 0.15) is 6.42 Å². The van der Waals surface area contributed by atoms with Crippen LogP contribution in [0.2, 0.25) is 12.6 Å². The topological polar surface area (TPSA) is 26.0 Å². The second kappa shape index (κ2) is 7.48. The van der Waals surface area contributed by atoms with Crippen molar-refractivity contribution in [3.05, 3.63) is 60.7 Å². The molecule has 0 atom stereocenters. The minimum absolute atomic E-state index is 0. The maximum atomic E-state index is 5.71. The second-order valence-electron chi connectivity index (χ2n) is 4.96. The summed E-state index contributed by atoms with van der Waals surface area (Å²) in [5.74, 6) is 0. The average molecular weight is 292 g/mol. The molecule has 0 saturated heterocycles. The van der Waals surface area contributed by atoms with E-state index in [1.165, 1.54) is 16.4 Å². The van der Waals surface area contributed by atoms with Crippen LogP contribution < -0.4 is 16.1 Å². The van der Waals surface area contributed by atoms with E-state index in [0.717, 1.165) is 13.0 Å². The minimum Gasteiger partial charge on any atom is -0.330 e. The van der Waals surface area contributed by atoms with Crippen molar-refractivity contribution in [2.24, 2.45) is 5.73 Å². The Kier molecular flexibility index (Phi) is 6.29. The predicted molar refractivity (Wildman–Crippen MR) is 89.5 cm³/mol. The highest BCUT2D eigenvalue weighted by Gasteiger charge is 2.30. The highest BCUT2D eigenvalue weighted by Crippen LogP contribution is 2.13. The monoisotopic (exact) mass is 291 g/mol. The molecule has 0 bridgehead atoms. The van der Waals surface area contributed by atoms with Gasteiger partial charge in [0, 0.05) is 0 Å². The van der Waals surface area contributed by atoms with Crippen LogP contribution in [-0.2, 0) is 0 Å². The van der Waals surface area contributed by atoms with Gasteiger partial charge in [0.25, 0.3) is 0 Å². The summed E-state index contributed by atoms with van der Waals surface area (Å²) in [6.07, 6.45) is 1.10. The normalized spacial score (nSPS) is 10.8. The lowest BCUT2D eigenvalue weighted by atomic mass is 10.4. The lowest BCUT2D eigenvalue weighted by Gasteiger charge is -2.28. The fourth-order valence-corrected chi connectivity index (χ4v) is 6.20. The minimum atomic E-state index is -1.60. The van der Waals surface area contributed by atoms with Gasteiger partial charge in [0.05, 0.1) is 0 Å². The van der Waals surface area contributed by atoms with E-state index in [1.807, 2.05) is 0 Å². The van der Waals surface area contributed by atoms with Crippen LogP contribution in [0.4, 0.5) is 0 Å². The zero-order chi connectivity index (χ0) is 12.8. The predicted octanol–water partition coefficient (Wildman–Crippen LogP) is 2.65. The largest absolute Gasteiger partial charge is 0.330 e. The standard InChI is InChI=1S/C16H21NSi.ClH/c1-18(14-8-13-17,15-9-4-2-5-10-15)16-11-6-3-7-12-16;/h2-7,9-12H,8,13-14,17H2,1H3;1H. The zero-order valence-electron chi connectivity index (χ0n) is 11.4. The Hall–Kier alpha value is -1.09. The van der Waals surface area contributed by atoms with Crippen LogP contribution in [0.15, 0.2) is 60.7 Å². The van der Waals surface area contributed by atoms with Crippen molar-refractivity contribution in [1.29, 1.82) is 0 Å². The summed E-state index contributed by atoms with van der Waals surface area (Å²) >= 11 is 0. The van der Waals surface area contributed by atoms with Crippen molar-refractivity contribution in [3.63, 3.8) is 0 Å². The number of halogens is 1.